The lowest BCUT2D eigenvalue weighted by atomic mass is 9.96. The van der Waals surface area contributed by atoms with Crippen molar-refractivity contribution in [3.8, 4) is 0 Å². The van der Waals surface area contributed by atoms with Gasteiger partial charge in [-0.2, -0.15) is 0 Å². The maximum atomic E-state index is 4.80. The molecule has 1 aliphatic carbocycles. The average Bonchev–Trinajstić information content (AvgIpc) is 3.11. The molecule has 1 saturated carbocycles. The second-order valence-electron chi connectivity index (χ2n) is 5.55. The van der Waals surface area contributed by atoms with Crippen LogP contribution in [0.25, 0.3) is 0 Å². The van der Waals surface area contributed by atoms with Gasteiger partial charge in [0.15, 0.2) is 5.96 Å². The lowest BCUT2D eigenvalue weighted by molar-refractivity contribution is 0.476. The molecule has 98 valence electrons. The summed E-state index contributed by atoms with van der Waals surface area (Å²) in [7, 11) is 8.17. The van der Waals surface area contributed by atoms with Crippen LogP contribution in [0.1, 0.15) is 18.4 Å². The molecule has 0 saturated heterocycles. The van der Waals surface area contributed by atoms with E-state index in [1.165, 1.54) is 18.4 Å². The van der Waals surface area contributed by atoms with Crippen molar-refractivity contribution >= 4 is 5.96 Å². The smallest absolute Gasteiger partial charge is 0.195 e. The fourth-order valence-corrected chi connectivity index (χ4v) is 2.39. The molecule has 0 bridgehead atoms. The van der Waals surface area contributed by atoms with Crippen molar-refractivity contribution in [2.45, 2.75) is 18.3 Å². The van der Waals surface area contributed by atoms with E-state index >= 15 is 0 Å². The number of hydrogen-bond donors (Lipinski definition) is 0. The van der Waals surface area contributed by atoms with Gasteiger partial charge in [-0.15, -0.1) is 0 Å². The van der Waals surface area contributed by atoms with Gasteiger partial charge >= 0.3 is 0 Å². The van der Waals surface area contributed by atoms with Crippen LogP contribution in [0.5, 0.6) is 0 Å². The second-order valence-corrected chi connectivity index (χ2v) is 5.55. The van der Waals surface area contributed by atoms with Gasteiger partial charge in [0, 0.05) is 33.6 Å². The summed E-state index contributed by atoms with van der Waals surface area (Å²) in [6, 6.07) is 10.8. The van der Waals surface area contributed by atoms with Crippen LogP contribution in [-0.4, -0.2) is 50.5 Å². The number of guanidine groups is 1. The minimum atomic E-state index is 0.304. The second kappa shape index (κ2) is 5.01. The first-order chi connectivity index (χ1) is 8.55. The van der Waals surface area contributed by atoms with Gasteiger partial charge in [-0.05, 0) is 18.4 Å². The highest BCUT2D eigenvalue weighted by atomic mass is 15.3. The zero-order valence-electron chi connectivity index (χ0n) is 11.8. The summed E-state index contributed by atoms with van der Waals surface area (Å²) in [6.07, 6.45) is 2.52. The number of nitrogens with zero attached hydrogens (tertiary/aromatic N) is 3. The van der Waals surface area contributed by atoms with Gasteiger partial charge in [-0.1, -0.05) is 30.3 Å². The Bertz CT molecular complexity index is 407. The van der Waals surface area contributed by atoms with E-state index in [2.05, 4.69) is 40.1 Å². The quantitative estimate of drug-likeness (QED) is 0.600. The standard InChI is InChI=1S/C15H23N3/c1-17(2)14(18(3)4)16-12-15(10-11-15)13-8-6-5-7-9-13/h5-9H,10-12H2,1-4H3. The van der Waals surface area contributed by atoms with E-state index in [0.29, 0.717) is 5.41 Å². The lowest BCUT2D eigenvalue weighted by Crippen LogP contribution is -2.36. The molecule has 0 heterocycles. The molecular formula is C15H23N3. The van der Waals surface area contributed by atoms with Crippen molar-refractivity contribution in [1.29, 1.82) is 0 Å². The molecule has 3 nitrogen and oxygen atoms in total. The van der Waals surface area contributed by atoms with Gasteiger partial charge in [0.25, 0.3) is 0 Å². The Morgan fingerprint density at radius 1 is 1.06 bits per heavy atom. The summed E-state index contributed by atoms with van der Waals surface area (Å²) in [5.74, 6) is 1.04. The van der Waals surface area contributed by atoms with E-state index in [1.54, 1.807) is 0 Å². The Hall–Kier alpha value is -1.51. The summed E-state index contributed by atoms with van der Waals surface area (Å²) in [4.78, 5) is 8.94. The van der Waals surface area contributed by atoms with Crippen LogP contribution >= 0.6 is 0 Å². The SMILES string of the molecule is CN(C)C(=NCC1(c2ccccc2)CC1)N(C)C. The first kappa shape index (κ1) is 12.9. The fourth-order valence-electron chi connectivity index (χ4n) is 2.39. The van der Waals surface area contributed by atoms with E-state index in [9.17, 15) is 0 Å². The number of hydrogen-bond acceptors (Lipinski definition) is 1. The molecular weight excluding hydrogens is 222 g/mol. The molecule has 1 aromatic carbocycles. The summed E-state index contributed by atoms with van der Waals surface area (Å²) in [6.45, 7) is 0.892. The average molecular weight is 245 g/mol. The highest BCUT2D eigenvalue weighted by Gasteiger charge is 2.44. The van der Waals surface area contributed by atoms with Gasteiger partial charge in [-0.25, -0.2) is 0 Å². The Balaban J connectivity index is 2.12. The Labute approximate surface area is 110 Å². The summed E-state index contributed by atoms with van der Waals surface area (Å²) in [5, 5.41) is 0. The van der Waals surface area contributed by atoms with E-state index in [0.717, 1.165) is 12.5 Å². The third-order valence-corrected chi connectivity index (χ3v) is 3.56. The fraction of sp³-hybridized carbons (Fsp3) is 0.533. The number of aliphatic imine (C=N–C) groups is 1. The number of rotatable bonds is 3. The summed E-state index contributed by atoms with van der Waals surface area (Å²) in [5.41, 5.74) is 1.74. The van der Waals surface area contributed by atoms with Crippen molar-refractivity contribution in [2.75, 3.05) is 34.7 Å². The molecule has 0 N–H and O–H groups in total. The zero-order chi connectivity index (χ0) is 13.2. The van der Waals surface area contributed by atoms with Crippen molar-refractivity contribution in [2.24, 2.45) is 4.99 Å². The molecule has 0 unspecified atom stereocenters. The largest absolute Gasteiger partial charge is 0.349 e. The van der Waals surface area contributed by atoms with E-state index in [1.807, 2.05) is 28.2 Å². The third kappa shape index (κ3) is 2.66. The van der Waals surface area contributed by atoms with Crippen LogP contribution in [0.3, 0.4) is 0 Å². The van der Waals surface area contributed by atoms with Gasteiger partial charge in [0.2, 0.25) is 0 Å². The highest BCUT2D eigenvalue weighted by Crippen LogP contribution is 2.48. The topological polar surface area (TPSA) is 18.8 Å². The zero-order valence-corrected chi connectivity index (χ0v) is 11.8. The Morgan fingerprint density at radius 2 is 1.61 bits per heavy atom. The minimum Gasteiger partial charge on any atom is -0.349 e. The molecule has 3 heteroatoms. The predicted molar refractivity (Wildman–Crippen MR) is 77.0 cm³/mol. The predicted octanol–water partition coefficient (Wildman–Crippen LogP) is 2.20. The van der Waals surface area contributed by atoms with Crippen LogP contribution in [0.4, 0.5) is 0 Å². The molecule has 1 fully saturated rings. The van der Waals surface area contributed by atoms with Gasteiger partial charge in [-0.3, -0.25) is 4.99 Å². The Kier molecular flexibility index (Phi) is 3.60. The molecule has 2 rings (SSSR count). The minimum absolute atomic E-state index is 0.304. The molecule has 18 heavy (non-hydrogen) atoms. The molecule has 0 spiro atoms. The van der Waals surface area contributed by atoms with Crippen molar-refractivity contribution in [3.05, 3.63) is 35.9 Å². The van der Waals surface area contributed by atoms with Gasteiger partial charge < -0.3 is 9.80 Å². The Morgan fingerprint density at radius 3 is 2.06 bits per heavy atom. The van der Waals surface area contributed by atoms with Crippen LogP contribution in [0.2, 0.25) is 0 Å². The first-order valence-electron chi connectivity index (χ1n) is 6.50. The van der Waals surface area contributed by atoms with Crippen LogP contribution in [-0.2, 0) is 5.41 Å². The van der Waals surface area contributed by atoms with Crippen LogP contribution in [0, 0.1) is 0 Å². The van der Waals surface area contributed by atoms with Gasteiger partial charge in [0.1, 0.15) is 0 Å². The van der Waals surface area contributed by atoms with E-state index < -0.39 is 0 Å². The number of benzene rings is 1. The molecule has 0 amide bonds. The van der Waals surface area contributed by atoms with Gasteiger partial charge in [0.05, 0.1) is 6.54 Å². The molecule has 1 aliphatic rings. The van der Waals surface area contributed by atoms with Crippen molar-refractivity contribution in [3.63, 3.8) is 0 Å². The maximum Gasteiger partial charge on any atom is 0.195 e. The van der Waals surface area contributed by atoms with E-state index in [-0.39, 0.29) is 0 Å². The first-order valence-corrected chi connectivity index (χ1v) is 6.50. The van der Waals surface area contributed by atoms with E-state index in [4.69, 9.17) is 4.99 Å². The summed E-state index contributed by atoms with van der Waals surface area (Å²) >= 11 is 0. The van der Waals surface area contributed by atoms with Crippen LogP contribution < -0.4 is 0 Å². The lowest BCUT2D eigenvalue weighted by Gasteiger charge is -2.24. The molecule has 0 aliphatic heterocycles. The molecule has 1 aromatic rings. The third-order valence-electron chi connectivity index (χ3n) is 3.56. The monoisotopic (exact) mass is 245 g/mol. The highest BCUT2D eigenvalue weighted by molar-refractivity contribution is 5.79. The van der Waals surface area contributed by atoms with Crippen molar-refractivity contribution in [1.82, 2.24) is 9.80 Å². The molecule has 0 atom stereocenters. The van der Waals surface area contributed by atoms with Crippen molar-refractivity contribution < 1.29 is 0 Å². The molecule has 0 aromatic heterocycles. The summed E-state index contributed by atoms with van der Waals surface area (Å²) < 4.78 is 0. The normalized spacial score (nSPS) is 16.0. The maximum absolute atomic E-state index is 4.80. The van der Waals surface area contributed by atoms with Crippen LogP contribution in [0.15, 0.2) is 35.3 Å². The molecule has 0 radical (unpaired) electrons.